The van der Waals surface area contributed by atoms with Crippen molar-refractivity contribution in [2.24, 2.45) is 23.7 Å². The number of alkyl carbamates (subject to hydrolysis) is 1. The zero-order valence-electron chi connectivity index (χ0n) is 28.9. The number of ether oxygens (including phenoxy) is 2. The molecule has 2 atom stereocenters. The van der Waals surface area contributed by atoms with Crippen LogP contribution in [-0.4, -0.2) is 34.1 Å². The van der Waals surface area contributed by atoms with Crippen molar-refractivity contribution in [3.05, 3.63) is 70.3 Å². The molecule has 2 aromatic carbocycles. The SMILES string of the molecule is CC(C)C(OP(=O)(OC(C(C)C)C(C)C)[C@@](C)([C@H](NC(=O)OC(C)(C)C)c1ccc(Oc2ccccc2)cc1)[N+](=O)[O-])C(C)C. The summed E-state index contributed by atoms with van der Waals surface area (Å²) in [6, 6.07) is 14.1. The number of hydrogen-bond donors (Lipinski definition) is 1. The molecule has 0 saturated carbocycles. The van der Waals surface area contributed by atoms with Crippen LogP contribution >= 0.6 is 7.60 Å². The first kappa shape index (κ1) is 38.2. The molecule has 0 aromatic heterocycles. The van der Waals surface area contributed by atoms with Gasteiger partial charge in [-0.3, -0.25) is 23.7 Å². The smallest absolute Gasteiger partial charge is 0.409 e. The second-order valence-electron chi connectivity index (χ2n) is 14.0. The topological polar surface area (TPSA) is 126 Å². The molecule has 0 radical (unpaired) electrons. The van der Waals surface area contributed by atoms with Crippen LogP contribution in [0.15, 0.2) is 54.6 Å². The summed E-state index contributed by atoms with van der Waals surface area (Å²) in [4.78, 5) is 26.0. The van der Waals surface area contributed by atoms with Crippen molar-refractivity contribution in [3.63, 3.8) is 0 Å². The normalized spacial score (nSPS) is 14.7. The third-order valence-electron chi connectivity index (χ3n) is 7.47. The average Bonchev–Trinajstić information content (AvgIpc) is 2.92. The van der Waals surface area contributed by atoms with Gasteiger partial charge in [0, 0.05) is 11.8 Å². The summed E-state index contributed by atoms with van der Waals surface area (Å²) in [6.07, 6.45) is -2.19. The lowest BCUT2D eigenvalue weighted by molar-refractivity contribution is -0.546. The van der Waals surface area contributed by atoms with Crippen molar-refractivity contribution in [2.45, 2.75) is 112 Å². The van der Waals surface area contributed by atoms with E-state index in [9.17, 15) is 14.9 Å². The van der Waals surface area contributed by atoms with E-state index in [1.165, 1.54) is 6.92 Å². The molecule has 1 N–H and O–H groups in total. The summed E-state index contributed by atoms with van der Waals surface area (Å²) in [5.74, 6) is 0.528. The van der Waals surface area contributed by atoms with Gasteiger partial charge in [-0.1, -0.05) is 85.7 Å². The minimum Gasteiger partial charge on any atom is -0.457 e. The number of nitrogens with zero attached hydrogens (tertiary/aromatic N) is 1. The van der Waals surface area contributed by atoms with Gasteiger partial charge in [0.25, 0.3) is 0 Å². The molecule has 0 unspecified atom stereocenters. The largest absolute Gasteiger partial charge is 0.457 e. The molecule has 0 fully saturated rings. The molecule has 0 saturated heterocycles. The van der Waals surface area contributed by atoms with Crippen molar-refractivity contribution in [1.82, 2.24) is 5.32 Å². The molecule has 2 rings (SSSR count). The Bertz CT molecular complexity index is 1250. The van der Waals surface area contributed by atoms with E-state index in [1.54, 1.807) is 57.2 Å². The summed E-state index contributed by atoms with van der Waals surface area (Å²) in [6.45, 7) is 21.5. The van der Waals surface area contributed by atoms with Gasteiger partial charge in [0.1, 0.15) is 23.1 Å². The van der Waals surface area contributed by atoms with Gasteiger partial charge < -0.3 is 14.8 Å². The highest BCUT2D eigenvalue weighted by Gasteiger charge is 2.66. The van der Waals surface area contributed by atoms with Crippen LogP contribution in [0.5, 0.6) is 11.5 Å². The Morgan fingerprint density at radius 1 is 0.756 bits per heavy atom. The number of rotatable bonds is 15. The summed E-state index contributed by atoms with van der Waals surface area (Å²) in [7, 11) is -4.72. The minimum absolute atomic E-state index is 0.138. The molecule has 0 aliphatic rings. The monoisotopic (exact) mass is 648 g/mol. The predicted molar refractivity (Wildman–Crippen MR) is 177 cm³/mol. The molecule has 45 heavy (non-hydrogen) atoms. The number of nitrogens with one attached hydrogen (secondary N) is 1. The van der Waals surface area contributed by atoms with Gasteiger partial charge in [0.05, 0.1) is 12.2 Å². The van der Waals surface area contributed by atoms with Crippen LogP contribution < -0.4 is 10.1 Å². The molecule has 10 nitrogen and oxygen atoms in total. The fraction of sp³-hybridized carbons (Fsp3) is 0.618. The van der Waals surface area contributed by atoms with Gasteiger partial charge in [0.15, 0.2) is 0 Å². The van der Waals surface area contributed by atoms with E-state index < -0.39 is 47.7 Å². The first-order valence-corrected chi connectivity index (χ1v) is 17.2. The lowest BCUT2D eigenvalue weighted by atomic mass is 9.97. The number of para-hydroxylation sites is 1. The quantitative estimate of drug-likeness (QED) is 0.115. The molecule has 0 aliphatic heterocycles. The van der Waals surface area contributed by atoms with Crippen molar-refractivity contribution in [2.75, 3.05) is 0 Å². The number of hydrogen-bond acceptors (Lipinski definition) is 8. The van der Waals surface area contributed by atoms with Crippen LogP contribution in [0.1, 0.15) is 94.7 Å². The Kier molecular flexibility index (Phi) is 13.2. The zero-order valence-corrected chi connectivity index (χ0v) is 29.8. The van der Waals surface area contributed by atoms with Crippen molar-refractivity contribution in [1.29, 1.82) is 0 Å². The third kappa shape index (κ3) is 10.0. The molecule has 0 spiro atoms. The molecule has 2 aromatic rings. The number of amides is 1. The highest BCUT2D eigenvalue weighted by Crippen LogP contribution is 2.67. The van der Waals surface area contributed by atoms with E-state index in [4.69, 9.17) is 18.5 Å². The molecule has 0 aliphatic carbocycles. The number of benzene rings is 2. The van der Waals surface area contributed by atoms with Gasteiger partial charge in [-0.15, -0.1) is 0 Å². The highest BCUT2D eigenvalue weighted by molar-refractivity contribution is 7.55. The number of nitro groups is 1. The average molecular weight is 649 g/mol. The van der Waals surface area contributed by atoms with E-state index in [-0.39, 0.29) is 23.7 Å². The molecular formula is C34H53N2O8P. The second kappa shape index (κ2) is 15.6. The number of carbonyl (C=O) groups excluding carboxylic acids is 1. The summed E-state index contributed by atoms with van der Waals surface area (Å²) in [5.41, 5.74) is -0.603. The van der Waals surface area contributed by atoms with Gasteiger partial charge in [-0.25, -0.2) is 4.79 Å². The van der Waals surface area contributed by atoms with E-state index in [0.29, 0.717) is 17.1 Å². The molecular weight excluding hydrogens is 595 g/mol. The minimum atomic E-state index is -4.72. The van der Waals surface area contributed by atoms with Gasteiger partial charge >= 0.3 is 19.0 Å². The first-order chi connectivity index (χ1) is 20.7. The first-order valence-electron chi connectivity index (χ1n) is 15.7. The Morgan fingerprint density at radius 2 is 1.18 bits per heavy atom. The van der Waals surface area contributed by atoms with Crippen LogP contribution in [0.25, 0.3) is 0 Å². The van der Waals surface area contributed by atoms with Gasteiger partial charge in [-0.05, 0) is 74.3 Å². The lowest BCUT2D eigenvalue weighted by Gasteiger charge is -2.41. The molecule has 252 valence electrons. The van der Waals surface area contributed by atoms with Crippen LogP contribution in [0.4, 0.5) is 4.79 Å². The van der Waals surface area contributed by atoms with Crippen LogP contribution in [0.3, 0.4) is 0 Å². The lowest BCUT2D eigenvalue weighted by Crippen LogP contribution is -2.52. The standard InChI is InChI=1S/C34H53N2O8P/c1-22(2)29(23(3)4)43-45(40,44-30(24(5)6)25(7)8)34(12,36(38)39)31(35-32(37)42-33(9,10)11)26-18-20-28(21-19-26)41-27-16-14-13-15-17-27/h13-25,29-31H,1-12H3,(H,35,37)/t31-,34+/m1/s1. The Morgan fingerprint density at radius 3 is 1.56 bits per heavy atom. The Labute approximate surface area is 269 Å². The van der Waals surface area contributed by atoms with Crippen molar-refractivity contribution in [3.8, 4) is 11.5 Å². The summed E-state index contributed by atoms with van der Waals surface area (Å²) in [5, 5.41) is 13.6. The maximum absolute atomic E-state index is 15.4. The molecule has 1 amide bonds. The maximum Gasteiger partial charge on any atom is 0.409 e. The Hall–Kier alpha value is -2.94. The van der Waals surface area contributed by atoms with Crippen molar-refractivity contribution >= 4 is 13.7 Å². The number of carbonyl (C=O) groups is 1. The fourth-order valence-corrected chi connectivity index (χ4v) is 8.08. The zero-order chi connectivity index (χ0) is 34.3. The second-order valence-corrected chi connectivity index (χ2v) is 16.4. The third-order valence-corrected chi connectivity index (χ3v) is 10.0. The van der Waals surface area contributed by atoms with E-state index in [1.807, 2.05) is 73.6 Å². The highest BCUT2D eigenvalue weighted by atomic mass is 31.2. The predicted octanol–water partition coefficient (Wildman–Crippen LogP) is 9.63. The fourth-order valence-electron chi connectivity index (χ4n) is 5.26. The van der Waals surface area contributed by atoms with E-state index in [2.05, 4.69) is 5.32 Å². The molecule has 0 heterocycles. The van der Waals surface area contributed by atoms with Crippen LogP contribution in [0.2, 0.25) is 0 Å². The van der Waals surface area contributed by atoms with Gasteiger partial charge in [0.2, 0.25) is 0 Å². The maximum atomic E-state index is 15.4. The van der Waals surface area contributed by atoms with Crippen LogP contribution in [-0.2, 0) is 18.3 Å². The molecule has 0 bridgehead atoms. The molecule has 11 heteroatoms. The Balaban J connectivity index is 2.81. The van der Waals surface area contributed by atoms with E-state index >= 15 is 4.57 Å². The summed E-state index contributed by atoms with van der Waals surface area (Å²) < 4.78 is 39.6. The summed E-state index contributed by atoms with van der Waals surface area (Å²) >= 11 is 0. The van der Waals surface area contributed by atoms with E-state index in [0.717, 1.165) is 0 Å². The van der Waals surface area contributed by atoms with Gasteiger partial charge in [-0.2, -0.15) is 0 Å². The van der Waals surface area contributed by atoms with Crippen molar-refractivity contribution < 1.29 is 32.8 Å². The van der Waals surface area contributed by atoms with Crippen LogP contribution in [0, 0.1) is 33.8 Å².